The van der Waals surface area contributed by atoms with Gasteiger partial charge in [0.1, 0.15) is 16.8 Å². The normalized spacial score (nSPS) is 12.6. The Bertz CT molecular complexity index is 1040. The highest BCUT2D eigenvalue weighted by Crippen LogP contribution is 2.28. The first-order valence-electron chi connectivity index (χ1n) is 9.76. The van der Waals surface area contributed by atoms with Crippen molar-refractivity contribution in [2.75, 3.05) is 12.4 Å². The van der Waals surface area contributed by atoms with E-state index in [0.29, 0.717) is 15.7 Å². The predicted molar refractivity (Wildman–Crippen MR) is 125 cm³/mol. The monoisotopic (exact) mass is 502 g/mol. The van der Waals surface area contributed by atoms with Crippen LogP contribution in [0.1, 0.15) is 30.6 Å². The Balaban J connectivity index is 1.71. The van der Waals surface area contributed by atoms with E-state index in [9.17, 15) is 9.59 Å². The number of carbonyl (C=O) groups excluding carboxylic acids is 2. The van der Waals surface area contributed by atoms with Gasteiger partial charge in [0.25, 0.3) is 5.91 Å². The lowest BCUT2D eigenvalue weighted by molar-refractivity contribution is -0.119. The first-order valence-corrected chi connectivity index (χ1v) is 11.4. The Hall–Kier alpha value is -2.78. The van der Waals surface area contributed by atoms with E-state index in [0.717, 1.165) is 22.2 Å². The molecule has 2 aromatic carbocycles. The van der Waals surface area contributed by atoms with E-state index in [-0.39, 0.29) is 17.7 Å². The predicted octanol–water partition coefficient (Wildman–Crippen LogP) is 4.76. The quantitative estimate of drug-likeness (QED) is 0.463. The number of rotatable bonds is 8. The number of amides is 2. The van der Waals surface area contributed by atoms with Crippen LogP contribution in [0, 0.1) is 5.92 Å². The van der Waals surface area contributed by atoms with Gasteiger partial charge in [-0.2, -0.15) is 0 Å². The minimum absolute atomic E-state index is 0.0617. The number of methoxy groups -OCH3 is 1. The van der Waals surface area contributed by atoms with Crippen molar-refractivity contribution in [3.63, 3.8) is 0 Å². The molecule has 0 aliphatic rings. The number of hydrogen-bond donors (Lipinski definition) is 2. The van der Waals surface area contributed by atoms with Gasteiger partial charge in [0.2, 0.25) is 11.0 Å². The molecule has 2 N–H and O–H groups in total. The fourth-order valence-corrected chi connectivity index (χ4v) is 3.85. The summed E-state index contributed by atoms with van der Waals surface area (Å²) in [6.45, 7) is 3.90. The smallest absolute Gasteiger partial charge is 0.251 e. The fraction of sp³-hybridized carbons (Fsp3) is 0.273. The number of ether oxygens (including phenoxy) is 1. The van der Waals surface area contributed by atoms with Crippen molar-refractivity contribution < 1.29 is 14.3 Å². The molecule has 0 spiro atoms. The molecule has 0 aliphatic carbocycles. The van der Waals surface area contributed by atoms with Gasteiger partial charge in [-0.3, -0.25) is 14.9 Å². The van der Waals surface area contributed by atoms with Gasteiger partial charge in [0.15, 0.2) is 0 Å². The van der Waals surface area contributed by atoms with E-state index in [1.54, 1.807) is 31.4 Å². The molecule has 0 saturated carbocycles. The molecule has 3 aromatic rings. The van der Waals surface area contributed by atoms with Gasteiger partial charge in [-0.05, 0) is 54.4 Å². The molecule has 1 aromatic heterocycles. The lowest BCUT2D eigenvalue weighted by atomic mass is 9.98. The van der Waals surface area contributed by atoms with Gasteiger partial charge in [-0.25, -0.2) is 0 Å². The summed E-state index contributed by atoms with van der Waals surface area (Å²) in [5.74, 6) is 0.0643. The summed E-state index contributed by atoms with van der Waals surface area (Å²) >= 11 is 4.62. The first-order chi connectivity index (χ1) is 14.9. The van der Waals surface area contributed by atoms with Crippen LogP contribution in [0.5, 0.6) is 5.75 Å². The van der Waals surface area contributed by atoms with E-state index >= 15 is 0 Å². The van der Waals surface area contributed by atoms with E-state index in [1.165, 1.54) is 11.3 Å². The molecule has 2 atom stereocenters. The van der Waals surface area contributed by atoms with Crippen molar-refractivity contribution in [2.24, 2.45) is 5.92 Å². The largest absolute Gasteiger partial charge is 0.497 e. The zero-order valence-electron chi connectivity index (χ0n) is 17.4. The Kier molecular flexibility index (Phi) is 7.75. The molecule has 0 fully saturated rings. The third kappa shape index (κ3) is 5.89. The first kappa shape index (κ1) is 22.9. The summed E-state index contributed by atoms with van der Waals surface area (Å²) in [6, 6.07) is 13.7. The van der Waals surface area contributed by atoms with Crippen LogP contribution < -0.4 is 15.4 Å². The van der Waals surface area contributed by atoms with Crippen molar-refractivity contribution in [3.05, 3.63) is 58.6 Å². The van der Waals surface area contributed by atoms with Gasteiger partial charge in [0.05, 0.1) is 7.11 Å². The number of aromatic nitrogens is 2. The summed E-state index contributed by atoms with van der Waals surface area (Å²) in [4.78, 5) is 25.6. The number of hydrogen-bond acceptors (Lipinski definition) is 6. The maximum Gasteiger partial charge on any atom is 0.251 e. The Morgan fingerprint density at radius 3 is 2.39 bits per heavy atom. The molecule has 31 heavy (non-hydrogen) atoms. The molecule has 0 saturated heterocycles. The molecule has 0 bridgehead atoms. The number of nitrogens with zero attached hydrogens (tertiary/aromatic N) is 2. The van der Waals surface area contributed by atoms with E-state index in [1.807, 2.05) is 38.1 Å². The van der Waals surface area contributed by atoms with E-state index in [4.69, 9.17) is 4.74 Å². The van der Waals surface area contributed by atoms with Crippen LogP contribution in [0.4, 0.5) is 5.13 Å². The number of carbonyl (C=O) groups is 2. The van der Waals surface area contributed by atoms with Crippen LogP contribution >= 0.6 is 27.3 Å². The second-order valence-electron chi connectivity index (χ2n) is 6.97. The van der Waals surface area contributed by atoms with Crippen LogP contribution in [-0.2, 0) is 4.79 Å². The topological polar surface area (TPSA) is 93.2 Å². The molecule has 0 radical (unpaired) electrons. The Labute approximate surface area is 193 Å². The van der Waals surface area contributed by atoms with Crippen LogP contribution in [-0.4, -0.2) is 35.2 Å². The molecular weight excluding hydrogens is 480 g/mol. The zero-order chi connectivity index (χ0) is 22.4. The lowest BCUT2D eigenvalue weighted by Gasteiger charge is -2.23. The number of anilines is 1. The highest BCUT2D eigenvalue weighted by molar-refractivity contribution is 9.10. The lowest BCUT2D eigenvalue weighted by Crippen LogP contribution is -2.47. The molecule has 0 aliphatic heterocycles. The number of nitrogens with one attached hydrogen (secondary N) is 2. The standard InChI is InChI=1S/C22H23BrN4O3S/c1-4-13(2)18(24-19(28)14-5-9-16(23)10-6-14)20(29)25-22-27-26-21(31-22)15-7-11-17(30-3)12-8-15/h5-13,18H,4H2,1-3H3,(H,24,28)(H,25,27,29). The van der Waals surface area contributed by atoms with Crippen LogP contribution in [0.25, 0.3) is 10.6 Å². The summed E-state index contributed by atoms with van der Waals surface area (Å²) in [5, 5.41) is 14.9. The molecular formula is C22H23BrN4O3S. The summed E-state index contributed by atoms with van der Waals surface area (Å²) in [5.41, 5.74) is 1.36. The maximum absolute atomic E-state index is 13.0. The highest BCUT2D eigenvalue weighted by atomic mass is 79.9. The second-order valence-corrected chi connectivity index (χ2v) is 8.87. The maximum atomic E-state index is 13.0. The van der Waals surface area contributed by atoms with Gasteiger partial charge < -0.3 is 10.1 Å². The van der Waals surface area contributed by atoms with E-state index < -0.39 is 6.04 Å². The fourth-order valence-electron chi connectivity index (χ4n) is 2.83. The Morgan fingerprint density at radius 1 is 1.10 bits per heavy atom. The number of halogens is 1. The van der Waals surface area contributed by atoms with Crippen molar-refractivity contribution in [1.29, 1.82) is 0 Å². The minimum atomic E-state index is -0.700. The molecule has 7 nitrogen and oxygen atoms in total. The van der Waals surface area contributed by atoms with Crippen molar-refractivity contribution in [2.45, 2.75) is 26.3 Å². The highest BCUT2D eigenvalue weighted by Gasteiger charge is 2.27. The van der Waals surface area contributed by atoms with Gasteiger partial charge in [-0.15, -0.1) is 10.2 Å². The SMILES string of the molecule is CCC(C)C(NC(=O)c1ccc(Br)cc1)C(=O)Nc1nnc(-c2ccc(OC)cc2)s1. The summed E-state index contributed by atoms with van der Waals surface area (Å²) in [7, 11) is 1.61. The molecule has 162 valence electrons. The molecule has 1 heterocycles. The van der Waals surface area contributed by atoms with Gasteiger partial charge >= 0.3 is 0 Å². The summed E-state index contributed by atoms with van der Waals surface area (Å²) in [6.07, 6.45) is 0.728. The van der Waals surface area contributed by atoms with Crippen molar-refractivity contribution in [1.82, 2.24) is 15.5 Å². The van der Waals surface area contributed by atoms with Gasteiger partial charge in [0, 0.05) is 15.6 Å². The third-order valence-corrected chi connectivity index (χ3v) is 6.30. The zero-order valence-corrected chi connectivity index (χ0v) is 19.8. The number of benzene rings is 2. The van der Waals surface area contributed by atoms with E-state index in [2.05, 4.69) is 36.8 Å². The van der Waals surface area contributed by atoms with Crippen molar-refractivity contribution in [3.8, 4) is 16.3 Å². The average Bonchev–Trinajstić information content (AvgIpc) is 3.25. The third-order valence-electron chi connectivity index (χ3n) is 4.88. The van der Waals surface area contributed by atoms with Crippen molar-refractivity contribution >= 4 is 44.2 Å². The molecule has 9 heteroatoms. The van der Waals surface area contributed by atoms with Crippen LogP contribution in [0.2, 0.25) is 0 Å². The van der Waals surface area contributed by atoms with Crippen LogP contribution in [0.3, 0.4) is 0 Å². The van der Waals surface area contributed by atoms with Crippen LogP contribution in [0.15, 0.2) is 53.0 Å². The average molecular weight is 503 g/mol. The molecule has 2 unspecified atom stereocenters. The van der Waals surface area contributed by atoms with Gasteiger partial charge in [-0.1, -0.05) is 47.5 Å². The molecule has 2 amide bonds. The molecule has 3 rings (SSSR count). The Morgan fingerprint density at radius 2 is 1.77 bits per heavy atom. The summed E-state index contributed by atoms with van der Waals surface area (Å²) < 4.78 is 6.04. The second kappa shape index (κ2) is 10.5. The minimum Gasteiger partial charge on any atom is -0.497 e.